The maximum Gasteiger partial charge on any atom is 0.417 e. The molecule has 3 aromatic carbocycles. The number of pyridine rings is 1. The van der Waals surface area contributed by atoms with Crippen LogP contribution in [-0.2, 0) is 43.2 Å². The van der Waals surface area contributed by atoms with Gasteiger partial charge in [0.2, 0.25) is 17.7 Å². The molecule has 1 fully saturated rings. The predicted octanol–water partition coefficient (Wildman–Crippen LogP) is 6.35. The summed E-state index contributed by atoms with van der Waals surface area (Å²) in [6.45, 7) is 1.68. The first kappa shape index (κ1) is 50.1. The average molecular weight is 989 g/mol. The minimum Gasteiger partial charge on any atom is -0.457 e. The number of aromatic nitrogens is 4. The Morgan fingerprint density at radius 1 is 0.843 bits per heavy atom. The molecule has 0 aliphatic carbocycles. The number of amides is 8. The normalized spacial score (nSPS) is 14.5. The maximum atomic E-state index is 13.3. The molecule has 366 valence electrons. The van der Waals surface area contributed by atoms with E-state index in [2.05, 4.69) is 41.9 Å². The number of hydrogen-bond acceptors (Lipinski definition) is 13. The monoisotopic (exact) mass is 988 g/mol. The first-order chi connectivity index (χ1) is 33.6. The van der Waals surface area contributed by atoms with Crippen molar-refractivity contribution in [2.45, 2.75) is 63.9 Å². The molecule has 1 saturated heterocycles. The first-order valence-electron chi connectivity index (χ1n) is 21.8. The van der Waals surface area contributed by atoms with Gasteiger partial charge in [0.05, 0.1) is 60.0 Å². The number of ether oxygens (including phenoxy) is 3. The summed E-state index contributed by atoms with van der Waals surface area (Å²) in [6.07, 6.45) is 0.622. The van der Waals surface area contributed by atoms with Crippen LogP contribution in [0.4, 0.5) is 35.0 Å². The van der Waals surface area contributed by atoms with Gasteiger partial charge in [-0.15, -0.1) is 5.10 Å². The number of nitrogens with one attached hydrogen (secondary N) is 5. The number of piperidine rings is 1. The van der Waals surface area contributed by atoms with Crippen molar-refractivity contribution in [1.29, 1.82) is 0 Å². The van der Waals surface area contributed by atoms with Gasteiger partial charge < -0.3 is 35.5 Å². The van der Waals surface area contributed by atoms with E-state index in [-0.39, 0.29) is 86.3 Å². The number of urea groups is 1. The lowest BCUT2D eigenvalue weighted by Gasteiger charge is -2.27. The van der Waals surface area contributed by atoms with Crippen LogP contribution in [0, 0.1) is 0 Å². The fourth-order valence-electron chi connectivity index (χ4n) is 7.26. The Balaban J connectivity index is 0.725. The Morgan fingerprint density at radius 3 is 2.40 bits per heavy atom. The maximum absolute atomic E-state index is 13.3. The van der Waals surface area contributed by atoms with Crippen LogP contribution < -0.4 is 31.3 Å². The van der Waals surface area contributed by atoms with E-state index in [0.717, 1.165) is 17.0 Å². The molecule has 20 nitrogen and oxygen atoms in total. The highest BCUT2D eigenvalue weighted by atomic mass is 35.5. The Hall–Kier alpha value is -7.76. The molecule has 2 aliphatic heterocycles. The summed E-state index contributed by atoms with van der Waals surface area (Å²) < 4.78 is 58.2. The molecule has 0 radical (unpaired) electrons. The van der Waals surface area contributed by atoms with Crippen LogP contribution >= 0.6 is 11.6 Å². The lowest BCUT2D eigenvalue weighted by Crippen LogP contribution is -2.54. The molecule has 1 atom stereocenters. The van der Waals surface area contributed by atoms with E-state index >= 15 is 0 Å². The van der Waals surface area contributed by atoms with Gasteiger partial charge in [-0.1, -0.05) is 29.3 Å². The molecule has 1 unspecified atom stereocenters. The van der Waals surface area contributed by atoms with E-state index in [4.69, 9.17) is 25.8 Å². The van der Waals surface area contributed by atoms with Crippen molar-refractivity contribution < 1.29 is 60.9 Å². The molecular weight excluding hydrogens is 945 g/mol. The number of anilines is 3. The summed E-state index contributed by atoms with van der Waals surface area (Å²) in [5.41, 5.74) is 0.135. The molecule has 2 aliphatic rings. The second-order valence-electron chi connectivity index (χ2n) is 15.7. The quantitative estimate of drug-likeness (QED) is 0.0398. The third-order valence-electron chi connectivity index (χ3n) is 10.6. The lowest BCUT2D eigenvalue weighted by molar-refractivity contribution is -0.138. The Labute approximate surface area is 401 Å². The van der Waals surface area contributed by atoms with Gasteiger partial charge in [-0.3, -0.25) is 48.6 Å². The number of unbranched alkanes of at least 4 members (excludes halogenated alkanes) is 2. The number of fused-ring (bicyclic) bond motifs is 1. The third kappa shape index (κ3) is 13.3. The van der Waals surface area contributed by atoms with Gasteiger partial charge in [0.1, 0.15) is 28.9 Å². The van der Waals surface area contributed by atoms with Crippen molar-refractivity contribution in [3.63, 3.8) is 0 Å². The topological polar surface area (TPSA) is 254 Å². The van der Waals surface area contributed by atoms with Crippen molar-refractivity contribution in [1.82, 2.24) is 35.5 Å². The molecule has 8 amide bonds. The summed E-state index contributed by atoms with van der Waals surface area (Å²) in [5.74, 6) is -2.66. The van der Waals surface area contributed by atoms with E-state index in [1.54, 1.807) is 35.1 Å². The van der Waals surface area contributed by atoms with Crippen molar-refractivity contribution in [2.75, 3.05) is 42.3 Å². The average Bonchev–Trinajstić information content (AvgIpc) is 3.88. The zero-order chi connectivity index (χ0) is 49.8. The highest BCUT2D eigenvalue weighted by molar-refractivity contribution is 6.31. The number of benzene rings is 3. The second kappa shape index (κ2) is 23.0. The number of nitrogens with zero attached hydrogens (tertiary/aromatic N) is 5. The molecule has 5 aromatic rings. The largest absolute Gasteiger partial charge is 0.457 e. The number of alkyl halides is 3. The van der Waals surface area contributed by atoms with Crippen LogP contribution in [0.3, 0.4) is 0 Å². The number of rotatable bonds is 21. The van der Waals surface area contributed by atoms with Gasteiger partial charge in [0, 0.05) is 49.6 Å². The first-order valence-corrected chi connectivity index (χ1v) is 22.2. The van der Waals surface area contributed by atoms with Crippen LogP contribution in [0.15, 0.2) is 85.2 Å². The smallest absolute Gasteiger partial charge is 0.417 e. The van der Waals surface area contributed by atoms with E-state index in [1.807, 2.05) is 0 Å². The van der Waals surface area contributed by atoms with Gasteiger partial charge in [0.25, 0.3) is 17.7 Å². The van der Waals surface area contributed by atoms with E-state index in [1.165, 1.54) is 42.6 Å². The number of imide groups is 2. The third-order valence-corrected chi connectivity index (χ3v) is 10.9. The highest BCUT2D eigenvalue weighted by Crippen LogP contribution is 2.36. The number of hydrogen-bond donors (Lipinski definition) is 5. The molecule has 7 rings (SSSR count). The lowest BCUT2D eigenvalue weighted by atomic mass is 10.0. The summed E-state index contributed by atoms with van der Waals surface area (Å²) in [4.78, 5) is 93.2. The Kier molecular flexibility index (Phi) is 16.5. The fraction of sp³-hybridized carbons (Fsp3) is 0.304. The molecule has 2 aromatic heterocycles. The van der Waals surface area contributed by atoms with Gasteiger partial charge in [-0.2, -0.15) is 13.2 Å². The Morgan fingerprint density at radius 2 is 1.61 bits per heavy atom. The number of aryl methyl sites for hydroxylation is 1. The highest BCUT2D eigenvalue weighted by Gasteiger charge is 2.45. The fourth-order valence-corrected chi connectivity index (χ4v) is 7.49. The minimum atomic E-state index is -4.69. The second-order valence-corrected chi connectivity index (χ2v) is 16.1. The van der Waals surface area contributed by atoms with Crippen molar-refractivity contribution in [2.24, 2.45) is 0 Å². The zero-order valence-electron chi connectivity index (χ0n) is 37.0. The van der Waals surface area contributed by atoms with E-state index in [9.17, 15) is 46.7 Å². The number of carbonyl (C=O) groups is 7. The van der Waals surface area contributed by atoms with Crippen LogP contribution in [0.5, 0.6) is 11.5 Å². The standard InChI is InChI=1S/C46H44ClF3N10O10/c47-34-13-10-28(23-33(34)46(48,49)50)54-45(67)53-27-8-11-30(12-9-27)70-31-16-17-51-36(24-31)41(63)52-18-20-68-21-22-69-26-29-25-59(58-57-29)19-3-1-2-7-38(61)55-35-6-4-5-32-40(35)44(66)60(43(32)65)37-14-15-39(62)56-42(37)64/h4-6,8-13,16-17,23-25,37H,1-3,7,14-15,18-22,26H2,(H,52,63)(H,55,61)(H2,53,54,67)(H,56,62,64). The summed E-state index contributed by atoms with van der Waals surface area (Å²) in [6, 6.07) is 14.8. The molecule has 0 bridgehead atoms. The molecule has 0 spiro atoms. The molecule has 0 saturated carbocycles. The summed E-state index contributed by atoms with van der Waals surface area (Å²) >= 11 is 5.64. The zero-order valence-corrected chi connectivity index (χ0v) is 37.7. The van der Waals surface area contributed by atoms with Crippen LogP contribution in [0.25, 0.3) is 0 Å². The summed E-state index contributed by atoms with van der Waals surface area (Å²) in [7, 11) is 0. The number of halogens is 4. The van der Waals surface area contributed by atoms with Gasteiger partial charge in [0.15, 0.2) is 0 Å². The SMILES string of the molecule is O=C1CCC(N2C(=O)c3cccc(NC(=O)CCCCCn4cc(COCCOCCNC(=O)c5cc(Oc6ccc(NC(=O)Nc7ccc(Cl)c(C(F)(F)F)c7)cc6)ccn5)nn4)c3C2=O)C(=O)N1. The molecule has 24 heteroatoms. The molecule has 4 heterocycles. The van der Waals surface area contributed by atoms with Crippen LogP contribution in [0.1, 0.15) is 81.0 Å². The van der Waals surface area contributed by atoms with E-state index < -0.39 is 58.4 Å². The number of carbonyl (C=O) groups excluding carboxylic acids is 7. The van der Waals surface area contributed by atoms with Crippen molar-refractivity contribution in [3.05, 3.63) is 118 Å². The van der Waals surface area contributed by atoms with Crippen molar-refractivity contribution in [3.8, 4) is 11.5 Å². The molecular formula is C46H44ClF3N10O10. The van der Waals surface area contributed by atoms with Crippen molar-refractivity contribution >= 4 is 70.1 Å². The van der Waals surface area contributed by atoms with Gasteiger partial charge >= 0.3 is 12.2 Å². The Bertz CT molecular complexity index is 2770. The summed E-state index contributed by atoms with van der Waals surface area (Å²) in [5, 5.41) is 20.2. The van der Waals surface area contributed by atoms with Crippen LogP contribution in [-0.4, -0.2) is 98.8 Å². The molecule has 5 N–H and O–H groups in total. The molecule has 70 heavy (non-hydrogen) atoms. The van der Waals surface area contributed by atoms with Gasteiger partial charge in [-0.05, 0) is 79.9 Å². The predicted molar refractivity (Wildman–Crippen MR) is 243 cm³/mol. The van der Waals surface area contributed by atoms with Gasteiger partial charge in [-0.25, -0.2) is 4.79 Å². The van der Waals surface area contributed by atoms with Crippen LogP contribution in [0.2, 0.25) is 5.02 Å². The minimum absolute atomic E-state index is 0.000106. The van der Waals surface area contributed by atoms with E-state index in [0.29, 0.717) is 48.7 Å².